The standard InChI is InChI=1S/C14H16N4S/c1-8-4-9(2)12(10(3)5-8)13-16-14-18(17-13)11(6-15)7-19-14/h4-5,7H,6,15H2,1-3H3. The van der Waals surface area contributed by atoms with E-state index in [1.54, 1.807) is 11.3 Å². The summed E-state index contributed by atoms with van der Waals surface area (Å²) < 4.78 is 1.85. The van der Waals surface area contributed by atoms with E-state index in [2.05, 4.69) is 43.0 Å². The summed E-state index contributed by atoms with van der Waals surface area (Å²) in [5, 5.41) is 6.61. The Kier molecular flexibility index (Phi) is 2.88. The summed E-state index contributed by atoms with van der Waals surface area (Å²) in [6.07, 6.45) is 0. The number of rotatable bonds is 2. The van der Waals surface area contributed by atoms with E-state index in [9.17, 15) is 0 Å². The first-order chi connectivity index (χ1) is 9.10. The van der Waals surface area contributed by atoms with Gasteiger partial charge in [-0.15, -0.1) is 16.4 Å². The maximum absolute atomic E-state index is 5.71. The zero-order valence-electron chi connectivity index (χ0n) is 11.3. The molecule has 19 heavy (non-hydrogen) atoms. The van der Waals surface area contributed by atoms with Gasteiger partial charge in [-0.25, -0.2) is 4.52 Å². The second-order valence-electron chi connectivity index (χ2n) is 4.83. The van der Waals surface area contributed by atoms with Gasteiger partial charge in [-0.3, -0.25) is 0 Å². The number of thiazole rings is 1. The zero-order valence-corrected chi connectivity index (χ0v) is 12.1. The van der Waals surface area contributed by atoms with Gasteiger partial charge in [0.05, 0.1) is 5.69 Å². The van der Waals surface area contributed by atoms with E-state index in [1.807, 2.05) is 9.90 Å². The number of benzene rings is 1. The summed E-state index contributed by atoms with van der Waals surface area (Å²) in [6.45, 7) is 6.80. The molecule has 4 nitrogen and oxygen atoms in total. The molecule has 1 aromatic carbocycles. The molecule has 98 valence electrons. The molecule has 3 aromatic rings. The van der Waals surface area contributed by atoms with Gasteiger partial charge < -0.3 is 5.73 Å². The molecule has 0 amide bonds. The van der Waals surface area contributed by atoms with Crippen LogP contribution in [0.4, 0.5) is 0 Å². The SMILES string of the molecule is Cc1cc(C)c(-c2nc3scc(CN)n3n2)c(C)c1. The van der Waals surface area contributed by atoms with E-state index in [0.29, 0.717) is 6.54 Å². The van der Waals surface area contributed by atoms with Crippen molar-refractivity contribution in [2.24, 2.45) is 5.73 Å². The van der Waals surface area contributed by atoms with Crippen molar-refractivity contribution in [1.82, 2.24) is 14.6 Å². The molecule has 2 heterocycles. The second kappa shape index (κ2) is 4.43. The lowest BCUT2D eigenvalue weighted by molar-refractivity contribution is 0.867. The molecular weight excluding hydrogens is 256 g/mol. The van der Waals surface area contributed by atoms with Crippen LogP contribution in [-0.4, -0.2) is 14.6 Å². The van der Waals surface area contributed by atoms with Gasteiger partial charge >= 0.3 is 0 Å². The van der Waals surface area contributed by atoms with E-state index in [1.165, 1.54) is 16.7 Å². The lowest BCUT2D eigenvalue weighted by Crippen LogP contribution is -2.01. The fourth-order valence-corrected chi connectivity index (χ4v) is 3.34. The maximum Gasteiger partial charge on any atom is 0.212 e. The Morgan fingerprint density at radius 3 is 2.53 bits per heavy atom. The van der Waals surface area contributed by atoms with Crippen molar-refractivity contribution in [2.45, 2.75) is 27.3 Å². The number of hydrogen-bond donors (Lipinski definition) is 1. The van der Waals surface area contributed by atoms with Crippen molar-refractivity contribution in [3.63, 3.8) is 0 Å². The van der Waals surface area contributed by atoms with Crippen molar-refractivity contribution in [2.75, 3.05) is 0 Å². The molecule has 0 atom stereocenters. The minimum atomic E-state index is 0.481. The first-order valence-corrected chi connectivity index (χ1v) is 7.09. The molecule has 0 fully saturated rings. The van der Waals surface area contributed by atoms with Gasteiger partial charge in [-0.05, 0) is 31.9 Å². The third-order valence-corrected chi connectivity index (χ3v) is 4.12. The highest BCUT2D eigenvalue weighted by atomic mass is 32.1. The van der Waals surface area contributed by atoms with Crippen LogP contribution < -0.4 is 5.73 Å². The number of aryl methyl sites for hydroxylation is 3. The number of nitrogens with zero attached hydrogens (tertiary/aromatic N) is 3. The monoisotopic (exact) mass is 272 g/mol. The third-order valence-electron chi connectivity index (χ3n) is 3.26. The normalized spacial score (nSPS) is 11.4. The van der Waals surface area contributed by atoms with Crippen LogP contribution >= 0.6 is 11.3 Å². The summed E-state index contributed by atoms with van der Waals surface area (Å²) in [5.74, 6) is 0.788. The van der Waals surface area contributed by atoms with Gasteiger partial charge in [0, 0.05) is 17.5 Å². The largest absolute Gasteiger partial charge is 0.325 e. The minimum Gasteiger partial charge on any atom is -0.325 e. The number of hydrogen-bond acceptors (Lipinski definition) is 4. The van der Waals surface area contributed by atoms with Crippen LogP contribution in [0.3, 0.4) is 0 Å². The Hall–Kier alpha value is -1.72. The van der Waals surface area contributed by atoms with Crippen LogP contribution in [0.1, 0.15) is 22.4 Å². The van der Waals surface area contributed by atoms with Crippen molar-refractivity contribution >= 4 is 16.3 Å². The first-order valence-electron chi connectivity index (χ1n) is 6.21. The summed E-state index contributed by atoms with van der Waals surface area (Å²) in [6, 6.07) is 4.34. The van der Waals surface area contributed by atoms with E-state index >= 15 is 0 Å². The van der Waals surface area contributed by atoms with Crippen LogP contribution in [0, 0.1) is 20.8 Å². The van der Waals surface area contributed by atoms with Crippen LogP contribution in [0.25, 0.3) is 16.3 Å². The third kappa shape index (κ3) is 1.95. The number of aromatic nitrogens is 3. The topological polar surface area (TPSA) is 56.2 Å². The average Bonchev–Trinajstić information content (AvgIpc) is 2.86. The molecule has 0 bridgehead atoms. The Morgan fingerprint density at radius 2 is 1.89 bits per heavy atom. The molecule has 0 radical (unpaired) electrons. The van der Waals surface area contributed by atoms with Crippen molar-refractivity contribution < 1.29 is 0 Å². The lowest BCUT2D eigenvalue weighted by Gasteiger charge is -2.07. The fraction of sp³-hybridized carbons (Fsp3) is 0.286. The van der Waals surface area contributed by atoms with Crippen molar-refractivity contribution in [3.05, 3.63) is 39.9 Å². The molecule has 0 unspecified atom stereocenters. The molecular formula is C14H16N4S. The summed E-state index contributed by atoms with van der Waals surface area (Å²) in [4.78, 5) is 5.52. The highest BCUT2D eigenvalue weighted by Gasteiger charge is 2.14. The molecule has 0 saturated heterocycles. The van der Waals surface area contributed by atoms with Crippen molar-refractivity contribution in [3.8, 4) is 11.4 Å². The molecule has 0 aliphatic carbocycles. The molecule has 3 rings (SSSR count). The van der Waals surface area contributed by atoms with Gasteiger partial charge in [0.2, 0.25) is 4.96 Å². The van der Waals surface area contributed by atoms with Crippen LogP contribution in [0.2, 0.25) is 0 Å². The van der Waals surface area contributed by atoms with E-state index in [4.69, 9.17) is 5.73 Å². The van der Waals surface area contributed by atoms with Crippen LogP contribution in [0.5, 0.6) is 0 Å². The Labute approximate surface area is 115 Å². The maximum atomic E-state index is 5.71. The second-order valence-corrected chi connectivity index (χ2v) is 5.67. The van der Waals surface area contributed by atoms with Gasteiger partial charge in [-0.1, -0.05) is 17.7 Å². The first kappa shape index (κ1) is 12.3. The van der Waals surface area contributed by atoms with Crippen LogP contribution in [-0.2, 0) is 6.54 Å². The molecule has 5 heteroatoms. The Balaban J connectivity index is 2.22. The predicted octanol–water partition coefficient (Wildman–Crippen LogP) is 2.84. The number of fused-ring (bicyclic) bond motifs is 1. The van der Waals surface area contributed by atoms with Gasteiger partial charge in [0.1, 0.15) is 0 Å². The van der Waals surface area contributed by atoms with Gasteiger partial charge in [0.15, 0.2) is 5.82 Å². The van der Waals surface area contributed by atoms with Gasteiger partial charge in [0.25, 0.3) is 0 Å². The number of nitrogens with two attached hydrogens (primary N) is 1. The predicted molar refractivity (Wildman–Crippen MR) is 78.4 cm³/mol. The smallest absolute Gasteiger partial charge is 0.212 e. The summed E-state index contributed by atoms with van der Waals surface area (Å²) in [5.41, 5.74) is 11.5. The molecule has 0 aliphatic rings. The average molecular weight is 272 g/mol. The highest BCUT2D eigenvalue weighted by Crippen LogP contribution is 2.27. The highest BCUT2D eigenvalue weighted by molar-refractivity contribution is 7.15. The quantitative estimate of drug-likeness (QED) is 0.780. The van der Waals surface area contributed by atoms with E-state index in [0.717, 1.165) is 22.0 Å². The Morgan fingerprint density at radius 1 is 1.21 bits per heavy atom. The van der Waals surface area contributed by atoms with Crippen molar-refractivity contribution in [1.29, 1.82) is 0 Å². The molecule has 2 aromatic heterocycles. The van der Waals surface area contributed by atoms with E-state index < -0.39 is 0 Å². The minimum absolute atomic E-state index is 0.481. The fourth-order valence-electron chi connectivity index (χ4n) is 2.51. The lowest BCUT2D eigenvalue weighted by atomic mass is 9.99. The summed E-state index contributed by atoms with van der Waals surface area (Å²) in [7, 11) is 0. The zero-order chi connectivity index (χ0) is 13.6. The molecule has 2 N–H and O–H groups in total. The Bertz CT molecular complexity index is 731. The van der Waals surface area contributed by atoms with Gasteiger partial charge in [-0.2, -0.15) is 4.98 Å². The molecule has 0 saturated carbocycles. The summed E-state index contributed by atoms with van der Waals surface area (Å²) >= 11 is 1.58. The van der Waals surface area contributed by atoms with E-state index in [-0.39, 0.29) is 0 Å². The van der Waals surface area contributed by atoms with Crippen LogP contribution in [0.15, 0.2) is 17.5 Å². The molecule has 0 aliphatic heterocycles. The molecule has 0 spiro atoms.